The Bertz CT molecular complexity index is 1250. The average Bonchev–Trinajstić information content (AvgIpc) is 3.37. The molecule has 1 aliphatic carbocycles. The molecule has 3 aliphatic heterocycles. The quantitative estimate of drug-likeness (QED) is 0.0471. The van der Waals surface area contributed by atoms with Crippen molar-refractivity contribution in [1.29, 1.82) is 0 Å². The number of hydrogen-bond acceptors (Lipinski definition) is 21. The lowest BCUT2D eigenvalue weighted by molar-refractivity contribution is -0.357. The van der Waals surface area contributed by atoms with Gasteiger partial charge in [-0.15, -0.1) is 0 Å². The van der Waals surface area contributed by atoms with Gasteiger partial charge in [-0.2, -0.15) is 0 Å². The van der Waals surface area contributed by atoms with Gasteiger partial charge in [0.2, 0.25) is 0 Å². The Balaban J connectivity index is 1.63. The van der Waals surface area contributed by atoms with Crippen LogP contribution in [-0.2, 0) is 33.2 Å². The molecule has 25 nitrogen and oxygen atoms in total. The summed E-state index contributed by atoms with van der Waals surface area (Å²) in [5, 5.41) is 119. The van der Waals surface area contributed by atoms with Crippen LogP contribution >= 0.6 is 0 Å². The lowest BCUT2D eigenvalue weighted by atomic mass is 9.81. The van der Waals surface area contributed by atoms with Crippen LogP contribution in [0.4, 0.5) is 0 Å². The second-order valence-electron chi connectivity index (χ2n) is 12.7. The van der Waals surface area contributed by atoms with Gasteiger partial charge >= 0.3 is 0 Å². The average molecular weight is 760 g/mol. The standard InChI is InChI=1S/C27H49N7O18/c1-32-11-15(42)19(50-23-18(45)16(43)12(39)6(2-35)47-23)7(3-36)48-22(11)52-21-24(49-8(4-37)27(21,46)5-38)51-20-10(34-26(30)31)13(40)9(33-25(28)29)14(41)17(20)44/h5-24,32,35-37,39-46H,2-4H2,1H3,(H4,28,29,33)(H4,30,31,34)/t6-,7+,8+,9+,10-,11+,12-,13+,14-,15+,16+,17+,18+,19+,20+,21+,22+,23+,24+,27-/m1/s1. The predicted octanol–water partition coefficient (Wildman–Crippen LogP) is -11.4. The van der Waals surface area contributed by atoms with Gasteiger partial charge in [0, 0.05) is 0 Å². The van der Waals surface area contributed by atoms with Crippen LogP contribution in [0, 0.1) is 0 Å². The topological polar surface area (TPSA) is 436 Å². The molecule has 0 aromatic rings. The van der Waals surface area contributed by atoms with Crippen LogP contribution in [0.15, 0.2) is 9.98 Å². The monoisotopic (exact) mass is 759 g/mol. The summed E-state index contributed by atoms with van der Waals surface area (Å²) in [6.45, 7) is -2.68. The maximum Gasteiger partial charge on any atom is 0.188 e. The second-order valence-corrected chi connectivity index (χ2v) is 12.7. The Morgan fingerprint density at radius 2 is 1.25 bits per heavy atom. The molecule has 0 unspecified atom stereocenters. The summed E-state index contributed by atoms with van der Waals surface area (Å²) in [7, 11) is 1.33. The molecule has 3 saturated heterocycles. The summed E-state index contributed by atoms with van der Waals surface area (Å²) in [6.07, 6.45) is -28.4. The first kappa shape index (κ1) is 42.2. The molecule has 0 spiro atoms. The van der Waals surface area contributed by atoms with E-state index in [4.69, 9.17) is 51.4 Å². The zero-order valence-electron chi connectivity index (χ0n) is 27.6. The Kier molecular flexibility index (Phi) is 14.1. The van der Waals surface area contributed by atoms with Gasteiger partial charge in [-0.25, -0.2) is 9.98 Å². The first-order valence-corrected chi connectivity index (χ1v) is 16.0. The van der Waals surface area contributed by atoms with E-state index in [1.807, 2.05) is 0 Å². The molecule has 4 aliphatic rings. The minimum atomic E-state index is -2.74. The maximum absolute atomic E-state index is 12.4. The Morgan fingerprint density at radius 3 is 1.79 bits per heavy atom. The second kappa shape index (κ2) is 17.3. The fourth-order valence-electron chi connectivity index (χ4n) is 6.65. The molecule has 20 atom stereocenters. The van der Waals surface area contributed by atoms with Crippen molar-refractivity contribution in [3.63, 3.8) is 0 Å². The summed E-state index contributed by atoms with van der Waals surface area (Å²) >= 11 is 0. The van der Waals surface area contributed by atoms with Crippen molar-refractivity contribution in [2.45, 2.75) is 122 Å². The molecule has 4 rings (SSSR count). The Labute approximate surface area is 294 Å². The van der Waals surface area contributed by atoms with Crippen LogP contribution in [0.25, 0.3) is 0 Å². The third-order valence-corrected chi connectivity index (χ3v) is 9.44. The highest BCUT2D eigenvalue weighted by atomic mass is 16.8. The molecule has 0 radical (unpaired) electrons. The molecule has 3 heterocycles. The molecule has 20 N–H and O–H groups in total. The highest BCUT2D eigenvalue weighted by Gasteiger charge is 2.62. The van der Waals surface area contributed by atoms with Crippen molar-refractivity contribution in [3.8, 4) is 0 Å². The number of aliphatic hydroxyl groups is 11. The van der Waals surface area contributed by atoms with E-state index in [1.54, 1.807) is 0 Å². The van der Waals surface area contributed by atoms with E-state index in [2.05, 4.69) is 15.3 Å². The lowest BCUT2D eigenvalue weighted by Gasteiger charge is -2.48. The first-order valence-electron chi connectivity index (χ1n) is 16.0. The van der Waals surface area contributed by atoms with E-state index < -0.39 is 154 Å². The van der Waals surface area contributed by atoms with E-state index >= 15 is 0 Å². The number of likely N-dealkylation sites (N-methyl/N-ethyl adjacent to an activating group) is 1. The number of ether oxygens (including phenoxy) is 6. The Morgan fingerprint density at radius 1 is 0.673 bits per heavy atom. The fraction of sp³-hybridized carbons (Fsp3) is 0.889. The van der Waals surface area contributed by atoms with Crippen LogP contribution in [-0.4, -0.2) is 223 Å². The van der Waals surface area contributed by atoms with Gasteiger partial charge < -0.3 is 113 Å². The minimum absolute atomic E-state index is 0.0344. The number of aliphatic imine (C=N–C) groups is 2. The number of nitrogens with two attached hydrogens (primary N) is 4. The number of carbonyl (C=O) groups is 1. The highest BCUT2D eigenvalue weighted by molar-refractivity contribution is 5.76. The van der Waals surface area contributed by atoms with Gasteiger partial charge in [-0.3, -0.25) is 4.79 Å². The number of aldehydes is 1. The fourth-order valence-corrected chi connectivity index (χ4v) is 6.65. The molecule has 4 fully saturated rings. The van der Waals surface area contributed by atoms with Crippen LogP contribution in [0.1, 0.15) is 0 Å². The van der Waals surface area contributed by atoms with E-state index in [0.29, 0.717) is 0 Å². The van der Waals surface area contributed by atoms with Gasteiger partial charge in [0.1, 0.15) is 91.4 Å². The first-order chi connectivity index (χ1) is 24.5. The molecular weight excluding hydrogens is 710 g/mol. The van der Waals surface area contributed by atoms with Crippen molar-refractivity contribution in [3.05, 3.63) is 0 Å². The van der Waals surface area contributed by atoms with Gasteiger partial charge in [-0.1, -0.05) is 0 Å². The van der Waals surface area contributed by atoms with Gasteiger partial charge in [0.15, 0.2) is 42.7 Å². The molecule has 1 saturated carbocycles. The molecular formula is C27H49N7O18. The smallest absolute Gasteiger partial charge is 0.188 e. The number of nitrogens with one attached hydrogen (secondary N) is 1. The Hall–Kier alpha value is -2.51. The van der Waals surface area contributed by atoms with Crippen LogP contribution in [0.2, 0.25) is 0 Å². The summed E-state index contributed by atoms with van der Waals surface area (Å²) < 4.78 is 34.3. The molecule has 0 aromatic heterocycles. The van der Waals surface area contributed by atoms with E-state index in [1.165, 1.54) is 7.05 Å². The third kappa shape index (κ3) is 8.11. The molecule has 0 amide bonds. The van der Waals surface area contributed by atoms with E-state index in [9.17, 15) is 61.0 Å². The summed E-state index contributed by atoms with van der Waals surface area (Å²) in [5.74, 6) is -1.18. The largest absolute Gasteiger partial charge is 0.394 e. The van der Waals surface area contributed by atoms with Gasteiger partial charge in [0.25, 0.3) is 0 Å². The van der Waals surface area contributed by atoms with Crippen LogP contribution < -0.4 is 28.3 Å². The molecule has 0 bridgehead atoms. The molecule has 25 heteroatoms. The van der Waals surface area contributed by atoms with Crippen molar-refractivity contribution in [2.24, 2.45) is 32.9 Å². The van der Waals surface area contributed by atoms with Crippen molar-refractivity contribution >= 4 is 18.2 Å². The number of hydrogen-bond donors (Lipinski definition) is 16. The normalized spacial score (nSPS) is 48.2. The van der Waals surface area contributed by atoms with Crippen molar-refractivity contribution in [2.75, 3.05) is 26.9 Å². The summed E-state index contributed by atoms with van der Waals surface area (Å²) in [6, 6.07) is -4.57. The van der Waals surface area contributed by atoms with Gasteiger partial charge in [0.05, 0.1) is 25.9 Å². The van der Waals surface area contributed by atoms with E-state index in [-0.39, 0.29) is 6.29 Å². The lowest BCUT2D eigenvalue weighted by Crippen LogP contribution is -2.68. The molecule has 0 aromatic carbocycles. The minimum Gasteiger partial charge on any atom is -0.394 e. The molecule has 300 valence electrons. The summed E-state index contributed by atoms with van der Waals surface area (Å²) in [4.78, 5) is 20.0. The highest BCUT2D eigenvalue weighted by Crippen LogP contribution is 2.39. The maximum atomic E-state index is 12.4. The third-order valence-electron chi connectivity index (χ3n) is 9.44. The molecule has 52 heavy (non-hydrogen) atoms. The zero-order chi connectivity index (χ0) is 38.8. The number of guanidine groups is 2. The van der Waals surface area contributed by atoms with Crippen LogP contribution in [0.5, 0.6) is 0 Å². The number of carbonyl (C=O) groups excluding carboxylic acids is 1. The van der Waals surface area contributed by atoms with Gasteiger partial charge in [-0.05, 0) is 7.05 Å². The van der Waals surface area contributed by atoms with Crippen molar-refractivity contribution in [1.82, 2.24) is 5.32 Å². The number of nitrogens with zero attached hydrogens (tertiary/aromatic N) is 2. The number of rotatable bonds is 13. The van der Waals surface area contributed by atoms with Crippen molar-refractivity contribution < 1.29 is 89.4 Å². The number of aliphatic hydroxyl groups excluding tert-OH is 10. The SMILES string of the molecule is CN[C@@H]1[C@H](O[C@H]2[C@H](O[C@@H]3[C@@H](O)[C@H](O)[C@@H](N=C(N)N)[C@H](O)[C@H]3N=C(N)N)O[C@@H](CO)[C@]2(O)C=O)O[C@@H](CO)[C@H](O[C@@H]2O[C@H](CO)[C@@H](O)[C@H](O)[C@@H]2O)[C@H]1O. The van der Waals surface area contributed by atoms with Crippen LogP contribution in [0.3, 0.4) is 0 Å². The zero-order valence-corrected chi connectivity index (χ0v) is 27.6. The predicted molar refractivity (Wildman–Crippen MR) is 167 cm³/mol. The van der Waals surface area contributed by atoms with E-state index in [0.717, 1.165) is 0 Å². The summed E-state index contributed by atoms with van der Waals surface area (Å²) in [5.41, 5.74) is 19.1.